The van der Waals surface area contributed by atoms with Gasteiger partial charge < -0.3 is 14.4 Å². The Bertz CT molecular complexity index is 529. The molecule has 6 nitrogen and oxygen atoms in total. The van der Waals surface area contributed by atoms with E-state index in [-0.39, 0.29) is 25.7 Å². The zero-order chi connectivity index (χ0) is 17.5. The van der Waals surface area contributed by atoms with Crippen LogP contribution in [-0.4, -0.2) is 54.8 Å². The van der Waals surface area contributed by atoms with Crippen LogP contribution in [0.3, 0.4) is 0 Å². The Morgan fingerprint density at radius 3 is 2.38 bits per heavy atom. The quantitative estimate of drug-likeness (QED) is 0.777. The van der Waals surface area contributed by atoms with Gasteiger partial charge in [0.15, 0.2) is 0 Å². The fourth-order valence-electron chi connectivity index (χ4n) is 4.83. The van der Waals surface area contributed by atoms with Crippen LogP contribution in [-0.2, 0) is 18.9 Å². The lowest BCUT2D eigenvalue weighted by Crippen LogP contribution is -2.62. The minimum absolute atomic E-state index is 0.105. The van der Waals surface area contributed by atoms with Crippen LogP contribution in [0.25, 0.3) is 0 Å². The van der Waals surface area contributed by atoms with Crippen molar-refractivity contribution in [1.82, 2.24) is 4.90 Å². The van der Waals surface area contributed by atoms with E-state index in [0.29, 0.717) is 23.2 Å². The molecule has 0 aromatic rings. The van der Waals surface area contributed by atoms with Gasteiger partial charge in [-0.25, -0.2) is 0 Å². The first-order valence-corrected chi connectivity index (χ1v) is 8.73. The summed E-state index contributed by atoms with van der Waals surface area (Å²) in [6.07, 6.45) is 3.66. The van der Waals surface area contributed by atoms with E-state index in [1.54, 1.807) is 0 Å². The van der Waals surface area contributed by atoms with E-state index in [9.17, 15) is 9.59 Å². The van der Waals surface area contributed by atoms with Crippen molar-refractivity contribution < 1.29 is 24.0 Å². The van der Waals surface area contributed by atoms with Crippen molar-refractivity contribution in [2.24, 2.45) is 23.2 Å². The summed E-state index contributed by atoms with van der Waals surface area (Å²) in [6.45, 7) is 6.89. The Morgan fingerprint density at radius 1 is 1.25 bits per heavy atom. The van der Waals surface area contributed by atoms with Gasteiger partial charge >= 0.3 is 19.1 Å². The number of aliphatic hydroxyl groups is 1. The molecular weight excluding hydrogens is 309 g/mol. The van der Waals surface area contributed by atoms with Gasteiger partial charge in [0, 0.05) is 6.04 Å². The van der Waals surface area contributed by atoms with E-state index in [1.165, 1.54) is 18.5 Å². The van der Waals surface area contributed by atoms with Crippen molar-refractivity contribution in [3.63, 3.8) is 0 Å². The third-order valence-corrected chi connectivity index (χ3v) is 6.34. The molecule has 1 heterocycles. The highest BCUT2D eigenvalue weighted by molar-refractivity contribution is 6.54. The molecule has 2 unspecified atom stereocenters. The zero-order valence-electron chi connectivity index (χ0n) is 14.6. The normalized spacial score (nSPS) is 36.6. The van der Waals surface area contributed by atoms with E-state index in [0.717, 1.165) is 6.42 Å². The zero-order valence-corrected chi connectivity index (χ0v) is 14.6. The number of hydrogen-bond acceptors (Lipinski definition) is 6. The molecule has 4 fully saturated rings. The van der Waals surface area contributed by atoms with Crippen LogP contribution in [0.15, 0.2) is 12.1 Å². The number of nitrogens with zero attached hydrogens (tertiary/aromatic N) is 1. The highest BCUT2D eigenvalue weighted by Gasteiger charge is 2.57. The molecule has 1 N–H and O–H groups in total. The van der Waals surface area contributed by atoms with Gasteiger partial charge in [-0.15, -0.1) is 0 Å². The lowest BCUT2D eigenvalue weighted by atomic mass is 9.44. The summed E-state index contributed by atoms with van der Waals surface area (Å²) in [5.74, 6) is 2.31. The average molecular weight is 335 g/mol. The molecule has 1 aliphatic heterocycles. The largest absolute Gasteiger partial charge is 0.628 e. The number of rotatable bonds is 3. The van der Waals surface area contributed by atoms with Crippen LogP contribution in [0, 0.1) is 23.2 Å². The maximum atomic E-state index is 12.1. The molecule has 0 spiro atoms. The van der Waals surface area contributed by atoms with Crippen LogP contribution >= 0.6 is 0 Å². The monoisotopic (exact) mass is 335 g/mol. The molecule has 3 aliphatic carbocycles. The van der Waals surface area contributed by atoms with Crippen molar-refractivity contribution >= 4 is 19.1 Å². The maximum Gasteiger partial charge on any atom is 0.628 e. The third-order valence-electron chi connectivity index (χ3n) is 6.34. The van der Waals surface area contributed by atoms with E-state index in [4.69, 9.17) is 14.4 Å². The van der Waals surface area contributed by atoms with Crippen LogP contribution in [0.2, 0.25) is 0 Å². The Balaban J connectivity index is 1.69. The minimum Gasteiger partial charge on any atom is -0.495 e. The van der Waals surface area contributed by atoms with Crippen molar-refractivity contribution in [1.29, 1.82) is 0 Å². The van der Waals surface area contributed by atoms with E-state index in [1.807, 2.05) is 4.90 Å². The summed E-state index contributed by atoms with van der Waals surface area (Å²) in [7, 11) is -1.05. The maximum absolute atomic E-state index is 12.1. The summed E-state index contributed by atoms with van der Waals surface area (Å²) in [5.41, 5.74) is 0.361. The van der Waals surface area contributed by atoms with Crippen molar-refractivity contribution in [3.05, 3.63) is 12.1 Å². The van der Waals surface area contributed by atoms with Gasteiger partial charge in [0.1, 0.15) is 0 Å². The van der Waals surface area contributed by atoms with Crippen molar-refractivity contribution in [2.75, 3.05) is 19.7 Å². The van der Waals surface area contributed by atoms with Gasteiger partial charge in [0.25, 0.3) is 0 Å². The summed E-state index contributed by atoms with van der Waals surface area (Å²) < 4.78 is 10.4. The van der Waals surface area contributed by atoms with Gasteiger partial charge in [0.05, 0.1) is 19.7 Å². The molecule has 2 bridgehead atoms. The molecule has 0 aromatic carbocycles. The standard InChI is InChI=1S/C17H26BNO5/c1-11-13-7-12(17(13,2)3)8-14(11)19-9-15(21)23-18(5-4-6-20)24-16(22)10-19/h4-5,11-14,20H,6-10H2,1-3H3/b5-4+/t11-,12?,13-,14?/m1/s1. The first kappa shape index (κ1) is 17.5. The first-order valence-electron chi connectivity index (χ1n) is 8.73. The van der Waals surface area contributed by atoms with Crippen LogP contribution in [0.1, 0.15) is 33.6 Å². The lowest BCUT2D eigenvalue weighted by molar-refractivity contribution is -0.160. The fourth-order valence-corrected chi connectivity index (χ4v) is 4.83. The molecule has 3 saturated carbocycles. The Labute approximate surface area is 143 Å². The molecule has 132 valence electrons. The molecule has 1 saturated heterocycles. The second-order valence-corrected chi connectivity index (χ2v) is 7.89. The molecular formula is C17H26BNO5. The highest BCUT2D eigenvalue weighted by atomic mass is 16.6. The van der Waals surface area contributed by atoms with E-state index < -0.39 is 19.1 Å². The molecule has 0 radical (unpaired) electrons. The number of hydrogen-bond donors (Lipinski definition) is 1. The topological polar surface area (TPSA) is 76.1 Å². The molecule has 24 heavy (non-hydrogen) atoms. The van der Waals surface area contributed by atoms with Gasteiger partial charge in [-0.2, -0.15) is 0 Å². The second-order valence-electron chi connectivity index (χ2n) is 7.89. The van der Waals surface area contributed by atoms with Gasteiger partial charge in [-0.3, -0.25) is 14.5 Å². The first-order chi connectivity index (χ1) is 11.3. The van der Waals surface area contributed by atoms with Crippen LogP contribution in [0.5, 0.6) is 0 Å². The van der Waals surface area contributed by atoms with Crippen molar-refractivity contribution in [3.8, 4) is 0 Å². The predicted molar refractivity (Wildman–Crippen MR) is 88.7 cm³/mol. The summed E-state index contributed by atoms with van der Waals surface area (Å²) >= 11 is 0. The highest BCUT2D eigenvalue weighted by Crippen LogP contribution is 2.61. The summed E-state index contributed by atoms with van der Waals surface area (Å²) in [4.78, 5) is 26.2. The average Bonchev–Trinajstić information content (AvgIpc) is 2.49. The molecule has 4 atom stereocenters. The summed E-state index contributed by atoms with van der Waals surface area (Å²) in [5, 5.41) is 8.79. The summed E-state index contributed by atoms with van der Waals surface area (Å²) in [6, 6.07) is 0.214. The number of aliphatic hydroxyl groups excluding tert-OH is 1. The number of carbonyl (C=O) groups excluding carboxylic acids is 2. The fraction of sp³-hybridized carbons (Fsp3) is 0.765. The SMILES string of the molecule is C[C@H]1C(N2CC(=O)OB(/C=C/CO)OC(=O)C2)CC2C[C@H]1C2(C)C. The Hall–Kier alpha value is -1.34. The molecule has 7 heteroatoms. The van der Waals surface area contributed by atoms with Crippen molar-refractivity contribution in [2.45, 2.75) is 39.7 Å². The Morgan fingerprint density at radius 2 is 1.88 bits per heavy atom. The van der Waals surface area contributed by atoms with Crippen LogP contribution < -0.4 is 0 Å². The van der Waals surface area contributed by atoms with E-state index >= 15 is 0 Å². The van der Waals surface area contributed by atoms with Crippen LogP contribution in [0.4, 0.5) is 0 Å². The molecule has 0 aromatic heterocycles. The third kappa shape index (κ3) is 3.11. The van der Waals surface area contributed by atoms with E-state index in [2.05, 4.69) is 20.8 Å². The second kappa shape index (κ2) is 6.52. The van der Waals surface area contributed by atoms with Gasteiger partial charge in [0.2, 0.25) is 0 Å². The minimum atomic E-state index is -1.05. The van der Waals surface area contributed by atoms with Gasteiger partial charge in [-0.1, -0.05) is 26.8 Å². The smallest absolute Gasteiger partial charge is 0.495 e. The number of fused-ring (bicyclic) bond motifs is 2. The molecule has 4 rings (SSSR count). The Kier molecular flexibility index (Phi) is 4.75. The molecule has 0 amide bonds. The molecule has 4 aliphatic rings. The number of carbonyl (C=O) groups is 2. The lowest BCUT2D eigenvalue weighted by Gasteiger charge is -2.63. The predicted octanol–water partition coefficient (Wildman–Crippen LogP) is 1.03. The van der Waals surface area contributed by atoms with Gasteiger partial charge in [-0.05, 0) is 42.0 Å².